The molecule has 0 saturated carbocycles. The smallest absolute Gasteiger partial charge is 0.273 e. The predicted octanol–water partition coefficient (Wildman–Crippen LogP) is 3.49. The van der Waals surface area contributed by atoms with Gasteiger partial charge in [0.05, 0.1) is 12.3 Å². The first-order chi connectivity index (χ1) is 16.9. The molecule has 0 aromatic heterocycles. The number of hydroxylamine groups is 2. The molecule has 2 heterocycles. The Morgan fingerprint density at radius 3 is 2.54 bits per heavy atom. The number of amides is 2. The van der Waals surface area contributed by atoms with Crippen LogP contribution in [0.5, 0.6) is 0 Å². The number of carbonyl (C=O) groups is 2. The van der Waals surface area contributed by atoms with Gasteiger partial charge in [-0.1, -0.05) is 31.2 Å². The van der Waals surface area contributed by atoms with E-state index >= 15 is 0 Å². The van der Waals surface area contributed by atoms with Gasteiger partial charge in [0, 0.05) is 48.8 Å². The van der Waals surface area contributed by atoms with E-state index in [-0.39, 0.29) is 24.3 Å². The van der Waals surface area contributed by atoms with Crippen molar-refractivity contribution in [3.8, 4) is 11.1 Å². The van der Waals surface area contributed by atoms with Gasteiger partial charge in [0.15, 0.2) is 0 Å². The fourth-order valence-corrected chi connectivity index (χ4v) is 4.41. The van der Waals surface area contributed by atoms with Crippen LogP contribution in [0.1, 0.15) is 49.0 Å². The third-order valence-electron chi connectivity index (χ3n) is 6.19. The van der Waals surface area contributed by atoms with E-state index in [1.165, 1.54) is 5.06 Å². The van der Waals surface area contributed by atoms with Crippen LogP contribution in [0.3, 0.4) is 0 Å². The normalized spacial score (nSPS) is 17.3. The molecule has 2 aliphatic heterocycles. The van der Waals surface area contributed by atoms with Gasteiger partial charge in [-0.25, -0.2) is 10.1 Å². The van der Waals surface area contributed by atoms with Crippen LogP contribution in [-0.2, 0) is 9.63 Å². The van der Waals surface area contributed by atoms with E-state index in [0.717, 1.165) is 29.5 Å². The van der Waals surface area contributed by atoms with Crippen molar-refractivity contribution in [3.63, 3.8) is 0 Å². The van der Waals surface area contributed by atoms with Gasteiger partial charge in [0.2, 0.25) is 0 Å². The largest absolute Gasteiger partial charge is 0.387 e. The van der Waals surface area contributed by atoms with E-state index in [4.69, 9.17) is 16.3 Å². The first-order valence-corrected chi connectivity index (χ1v) is 12.2. The molecule has 1 saturated heterocycles. The van der Waals surface area contributed by atoms with Crippen molar-refractivity contribution in [2.24, 2.45) is 16.5 Å². The molecule has 2 aromatic rings. The molecule has 8 nitrogen and oxygen atoms in total. The number of rotatable bonds is 7. The molecule has 0 bridgehead atoms. The Morgan fingerprint density at radius 2 is 1.89 bits per heavy atom. The second kappa shape index (κ2) is 10.8. The lowest BCUT2D eigenvalue weighted by molar-refractivity contribution is -0.180. The van der Waals surface area contributed by atoms with Gasteiger partial charge in [-0.3, -0.25) is 14.4 Å². The molecule has 8 heteroatoms. The van der Waals surface area contributed by atoms with Crippen molar-refractivity contribution >= 4 is 29.4 Å². The van der Waals surface area contributed by atoms with Crippen LogP contribution in [0.25, 0.3) is 17.2 Å². The topological polar surface area (TPSA) is 114 Å². The van der Waals surface area contributed by atoms with Crippen molar-refractivity contribution < 1.29 is 14.4 Å². The summed E-state index contributed by atoms with van der Waals surface area (Å²) in [5.41, 5.74) is 16.8. The summed E-state index contributed by atoms with van der Waals surface area (Å²) in [5, 5.41) is 1.40. The standard InChI is InChI=1S/C27H33N5O3/c1-3-12-32(35-4-2)27(34)22-14-21-10-9-20(15-24(21)30-25(29)16-22)18-5-7-19(8-6-18)26(33)31-13-11-23(28)17-31/h5-10,14-15,23H,3-4,11-13,16-17,28H2,1-2H3,(H2,29,30). The van der Waals surface area contributed by atoms with E-state index in [1.54, 1.807) is 4.90 Å². The predicted molar refractivity (Wildman–Crippen MR) is 138 cm³/mol. The third-order valence-corrected chi connectivity index (χ3v) is 6.19. The molecule has 4 N–H and O–H groups in total. The Morgan fingerprint density at radius 1 is 1.14 bits per heavy atom. The minimum atomic E-state index is -0.192. The van der Waals surface area contributed by atoms with Gasteiger partial charge >= 0.3 is 0 Å². The van der Waals surface area contributed by atoms with Crippen LogP contribution in [0.2, 0.25) is 0 Å². The first kappa shape index (κ1) is 24.6. The van der Waals surface area contributed by atoms with Crippen LogP contribution in [-0.4, -0.2) is 59.9 Å². The van der Waals surface area contributed by atoms with Crippen LogP contribution < -0.4 is 11.5 Å². The Hall–Kier alpha value is -3.49. The zero-order valence-corrected chi connectivity index (χ0v) is 20.4. The van der Waals surface area contributed by atoms with Crippen LogP contribution in [0.4, 0.5) is 5.69 Å². The quantitative estimate of drug-likeness (QED) is 0.595. The number of carbonyl (C=O) groups excluding carboxylic acids is 2. The molecule has 1 atom stereocenters. The lowest BCUT2D eigenvalue weighted by atomic mass is 10.00. The summed E-state index contributed by atoms with van der Waals surface area (Å²) >= 11 is 0. The summed E-state index contributed by atoms with van der Waals surface area (Å²) in [7, 11) is 0. The average Bonchev–Trinajstić information content (AvgIpc) is 3.21. The number of hydrogen-bond donors (Lipinski definition) is 2. The van der Waals surface area contributed by atoms with Gasteiger partial charge in [-0.15, -0.1) is 0 Å². The highest BCUT2D eigenvalue weighted by molar-refractivity contribution is 6.05. The van der Waals surface area contributed by atoms with Crippen molar-refractivity contribution in [2.45, 2.75) is 39.2 Å². The number of aliphatic imine (C=N–C) groups is 1. The van der Waals surface area contributed by atoms with E-state index in [9.17, 15) is 9.59 Å². The summed E-state index contributed by atoms with van der Waals surface area (Å²) in [6.45, 7) is 6.08. The van der Waals surface area contributed by atoms with E-state index < -0.39 is 0 Å². The number of nitrogens with zero attached hydrogens (tertiary/aromatic N) is 3. The number of hydrogen-bond acceptors (Lipinski definition) is 6. The van der Waals surface area contributed by atoms with E-state index in [1.807, 2.05) is 62.4 Å². The third kappa shape index (κ3) is 5.61. The van der Waals surface area contributed by atoms with E-state index in [2.05, 4.69) is 4.99 Å². The minimum absolute atomic E-state index is 0.00954. The molecule has 2 amide bonds. The van der Waals surface area contributed by atoms with Gasteiger partial charge in [0.25, 0.3) is 11.8 Å². The number of amidine groups is 1. The maximum Gasteiger partial charge on any atom is 0.273 e. The van der Waals surface area contributed by atoms with Crippen LogP contribution >= 0.6 is 0 Å². The lowest BCUT2D eigenvalue weighted by Gasteiger charge is -2.21. The van der Waals surface area contributed by atoms with Crippen molar-refractivity contribution in [1.82, 2.24) is 9.96 Å². The number of benzene rings is 2. The van der Waals surface area contributed by atoms with Crippen molar-refractivity contribution in [3.05, 3.63) is 59.2 Å². The number of likely N-dealkylation sites (tertiary alicyclic amines) is 1. The SMILES string of the molecule is CCCN(OCC)C(=O)C1=Cc2ccc(-c3ccc(C(=O)N4CCC(N)C4)cc3)cc2N=C(N)C1. The van der Waals surface area contributed by atoms with Crippen molar-refractivity contribution in [2.75, 3.05) is 26.2 Å². The molecule has 0 spiro atoms. The summed E-state index contributed by atoms with van der Waals surface area (Å²) in [5.74, 6) is 0.191. The van der Waals surface area contributed by atoms with Gasteiger partial charge in [-0.05, 0) is 55.2 Å². The zero-order chi connectivity index (χ0) is 24.9. The number of nitrogens with two attached hydrogens (primary N) is 2. The molecular formula is C27H33N5O3. The maximum atomic E-state index is 13.1. The highest BCUT2D eigenvalue weighted by Crippen LogP contribution is 2.32. The summed E-state index contributed by atoms with van der Waals surface area (Å²) in [6, 6.07) is 13.5. The molecule has 2 aliphatic rings. The second-order valence-corrected chi connectivity index (χ2v) is 8.93. The van der Waals surface area contributed by atoms with Crippen molar-refractivity contribution in [1.29, 1.82) is 0 Å². The maximum absolute atomic E-state index is 13.1. The first-order valence-electron chi connectivity index (χ1n) is 12.2. The molecule has 2 aromatic carbocycles. The Bertz CT molecular complexity index is 1150. The number of fused-ring (bicyclic) bond motifs is 1. The fourth-order valence-electron chi connectivity index (χ4n) is 4.41. The second-order valence-electron chi connectivity index (χ2n) is 8.93. The van der Waals surface area contributed by atoms with Gasteiger partial charge < -0.3 is 16.4 Å². The Balaban J connectivity index is 1.57. The fraction of sp³-hybridized carbons (Fsp3) is 0.370. The average molecular weight is 476 g/mol. The Labute approximate surface area is 206 Å². The molecule has 0 aliphatic carbocycles. The minimum Gasteiger partial charge on any atom is -0.387 e. The summed E-state index contributed by atoms with van der Waals surface area (Å²) < 4.78 is 0. The molecule has 184 valence electrons. The summed E-state index contributed by atoms with van der Waals surface area (Å²) in [4.78, 5) is 37.7. The van der Waals surface area contributed by atoms with Gasteiger partial charge in [-0.2, -0.15) is 0 Å². The highest BCUT2D eigenvalue weighted by Gasteiger charge is 2.25. The Kier molecular flexibility index (Phi) is 7.63. The molecule has 35 heavy (non-hydrogen) atoms. The van der Waals surface area contributed by atoms with E-state index in [0.29, 0.717) is 48.9 Å². The molecule has 1 unspecified atom stereocenters. The molecule has 1 fully saturated rings. The monoisotopic (exact) mass is 475 g/mol. The van der Waals surface area contributed by atoms with Crippen LogP contribution in [0, 0.1) is 0 Å². The molecule has 0 radical (unpaired) electrons. The van der Waals surface area contributed by atoms with Crippen LogP contribution in [0.15, 0.2) is 53.0 Å². The molecule has 4 rings (SSSR count). The lowest BCUT2D eigenvalue weighted by Crippen LogP contribution is -2.34. The van der Waals surface area contributed by atoms with Gasteiger partial charge in [0.1, 0.15) is 5.84 Å². The molecular weight excluding hydrogens is 442 g/mol. The zero-order valence-electron chi connectivity index (χ0n) is 20.4. The highest BCUT2D eigenvalue weighted by atomic mass is 16.7. The summed E-state index contributed by atoms with van der Waals surface area (Å²) in [6.07, 6.45) is 3.73.